The van der Waals surface area contributed by atoms with Gasteiger partial charge in [0.25, 0.3) is 0 Å². The lowest BCUT2D eigenvalue weighted by atomic mass is 10.1. The van der Waals surface area contributed by atoms with E-state index in [1.165, 1.54) is 18.2 Å². The number of benzene rings is 2. The van der Waals surface area contributed by atoms with E-state index in [9.17, 15) is 18.9 Å². The first-order valence-electron chi connectivity index (χ1n) is 5.87. The first kappa shape index (κ1) is 14.4. The van der Waals surface area contributed by atoms with E-state index in [1.54, 1.807) is 6.07 Å². The maximum atomic E-state index is 13.4. The summed E-state index contributed by atoms with van der Waals surface area (Å²) in [4.78, 5) is 9.70. The van der Waals surface area contributed by atoms with E-state index in [4.69, 9.17) is 5.26 Å². The summed E-state index contributed by atoms with van der Waals surface area (Å²) in [5.74, 6) is -1.54. The van der Waals surface area contributed by atoms with Gasteiger partial charge < -0.3 is 5.32 Å². The summed E-state index contributed by atoms with van der Waals surface area (Å²) in [6.07, 6.45) is 0. The Kier molecular flexibility index (Phi) is 4.09. The van der Waals surface area contributed by atoms with Crippen LogP contribution in [-0.2, 0) is 6.54 Å². The first-order valence-corrected chi connectivity index (χ1v) is 5.87. The van der Waals surface area contributed by atoms with Gasteiger partial charge >= 0.3 is 5.69 Å². The van der Waals surface area contributed by atoms with Crippen molar-refractivity contribution in [2.45, 2.75) is 6.54 Å². The number of hydrogen-bond acceptors (Lipinski definition) is 4. The number of nitro groups is 1. The Hall–Kier alpha value is -3.01. The van der Waals surface area contributed by atoms with Crippen LogP contribution in [0.1, 0.15) is 11.1 Å². The summed E-state index contributed by atoms with van der Waals surface area (Å²) in [6, 6.07) is 9.19. The summed E-state index contributed by atoms with van der Waals surface area (Å²) in [7, 11) is 0. The predicted molar refractivity (Wildman–Crippen MR) is 71.5 cm³/mol. The van der Waals surface area contributed by atoms with Crippen LogP contribution >= 0.6 is 0 Å². The van der Waals surface area contributed by atoms with Gasteiger partial charge in [0.05, 0.1) is 10.5 Å². The molecule has 0 atom stereocenters. The molecule has 0 aliphatic carbocycles. The third-order valence-electron chi connectivity index (χ3n) is 2.79. The van der Waals surface area contributed by atoms with Crippen molar-refractivity contribution in [1.82, 2.24) is 0 Å². The van der Waals surface area contributed by atoms with E-state index in [0.717, 1.165) is 18.2 Å². The third kappa shape index (κ3) is 3.30. The lowest BCUT2D eigenvalue weighted by Crippen LogP contribution is -2.02. The van der Waals surface area contributed by atoms with Gasteiger partial charge in [-0.15, -0.1) is 0 Å². The number of nitrogens with one attached hydrogen (secondary N) is 1. The molecule has 1 N–H and O–H groups in total. The van der Waals surface area contributed by atoms with Gasteiger partial charge in [0.2, 0.25) is 5.82 Å². The molecule has 0 spiro atoms. The minimum Gasteiger partial charge on any atom is -0.381 e. The van der Waals surface area contributed by atoms with Crippen LogP contribution in [0.3, 0.4) is 0 Å². The molecule has 0 saturated carbocycles. The SMILES string of the molecule is N#Cc1cc(NCc2ccc([N+](=O)[O-])c(F)c2)ccc1F. The van der Waals surface area contributed by atoms with Gasteiger partial charge in [0.15, 0.2) is 0 Å². The fourth-order valence-corrected chi connectivity index (χ4v) is 1.73. The second-order valence-electron chi connectivity index (χ2n) is 4.20. The molecule has 0 saturated heterocycles. The smallest absolute Gasteiger partial charge is 0.304 e. The monoisotopic (exact) mass is 289 g/mol. The standard InChI is InChI=1S/C14H9F2N3O2/c15-12-3-2-11(6-10(12)7-17)18-8-9-1-4-14(19(20)21)13(16)5-9/h1-6,18H,8H2. The molecule has 21 heavy (non-hydrogen) atoms. The van der Waals surface area contributed by atoms with Gasteiger partial charge in [-0.25, -0.2) is 4.39 Å². The Labute approximate surface area is 118 Å². The largest absolute Gasteiger partial charge is 0.381 e. The molecule has 2 aromatic rings. The average molecular weight is 289 g/mol. The van der Waals surface area contributed by atoms with E-state index in [0.29, 0.717) is 11.3 Å². The average Bonchev–Trinajstić information content (AvgIpc) is 2.46. The molecule has 0 fully saturated rings. The Morgan fingerprint density at radius 3 is 2.57 bits per heavy atom. The Morgan fingerprint density at radius 1 is 1.19 bits per heavy atom. The maximum absolute atomic E-state index is 13.4. The van der Waals surface area contributed by atoms with Crippen molar-refractivity contribution in [1.29, 1.82) is 5.26 Å². The van der Waals surface area contributed by atoms with Crippen LogP contribution in [0.5, 0.6) is 0 Å². The highest BCUT2D eigenvalue weighted by Crippen LogP contribution is 2.19. The van der Waals surface area contributed by atoms with E-state index >= 15 is 0 Å². The Bertz CT molecular complexity index is 741. The summed E-state index contributed by atoms with van der Waals surface area (Å²) in [5, 5.41) is 22.1. The van der Waals surface area contributed by atoms with Crippen molar-refractivity contribution >= 4 is 11.4 Å². The molecule has 5 nitrogen and oxygen atoms in total. The summed E-state index contributed by atoms with van der Waals surface area (Å²) in [6.45, 7) is 0.186. The molecule has 0 radical (unpaired) electrons. The zero-order chi connectivity index (χ0) is 15.4. The second-order valence-corrected chi connectivity index (χ2v) is 4.20. The lowest BCUT2D eigenvalue weighted by Gasteiger charge is -2.07. The number of anilines is 1. The number of rotatable bonds is 4. The van der Waals surface area contributed by atoms with Crippen molar-refractivity contribution in [3.8, 4) is 6.07 Å². The highest BCUT2D eigenvalue weighted by Gasteiger charge is 2.13. The summed E-state index contributed by atoms with van der Waals surface area (Å²) >= 11 is 0. The van der Waals surface area contributed by atoms with Crippen molar-refractivity contribution < 1.29 is 13.7 Å². The van der Waals surface area contributed by atoms with Crippen molar-refractivity contribution in [3.05, 3.63) is 69.3 Å². The van der Waals surface area contributed by atoms with Gasteiger partial charge in [-0.1, -0.05) is 6.07 Å². The Morgan fingerprint density at radius 2 is 1.95 bits per heavy atom. The summed E-state index contributed by atoms with van der Waals surface area (Å²) < 4.78 is 26.6. The molecule has 2 rings (SSSR count). The normalized spacial score (nSPS) is 9.95. The predicted octanol–water partition coefficient (Wildman–Crippen LogP) is 3.36. The van der Waals surface area contributed by atoms with Gasteiger partial charge in [-0.2, -0.15) is 9.65 Å². The number of nitrogens with zero attached hydrogens (tertiary/aromatic N) is 2. The molecule has 106 valence electrons. The topological polar surface area (TPSA) is 79.0 Å². The van der Waals surface area contributed by atoms with Crippen molar-refractivity contribution in [3.63, 3.8) is 0 Å². The maximum Gasteiger partial charge on any atom is 0.304 e. The van der Waals surface area contributed by atoms with Crippen LogP contribution < -0.4 is 5.32 Å². The molecule has 0 aliphatic heterocycles. The van der Waals surface area contributed by atoms with Crippen LogP contribution in [0.2, 0.25) is 0 Å². The molecule has 0 aromatic heterocycles. The molecule has 2 aromatic carbocycles. The molecule has 0 bridgehead atoms. The van der Waals surface area contributed by atoms with Crippen LogP contribution in [-0.4, -0.2) is 4.92 Å². The van der Waals surface area contributed by atoms with Crippen LogP contribution in [0.4, 0.5) is 20.2 Å². The minimum absolute atomic E-state index is 0.102. The van der Waals surface area contributed by atoms with E-state index in [2.05, 4.69) is 5.32 Å². The third-order valence-corrected chi connectivity index (χ3v) is 2.79. The number of halogens is 2. The van der Waals surface area contributed by atoms with Crippen molar-refractivity contribution in [2.75, 3.05) is 5.32 Å². The van der Waals surface area contributed by atoms with Crippen LogP contribution in [0, 0.1) is 33.1 Å². The quantitative estimate of drug-likeness (QED) is 0.691. The van der Waals surface area contributed by atoms with Gasteiger partial charge in [-0.3, -0.25) is 10.1 Å². The van der Waals surface area contributed by atoms with Crippen molar-refractivity contribution in [2.24, 2.45) is 0 Å². The lowest BCUT2D eigenvalue weighted by molar-refractivity contribution is -0.387. The first-order chi connectivity index (χ1) is 10.0. The Balaban J connectivity index is 2.12. The molecular weight excluding hydrogens is 280 g/mol. The zero-order valence-electron chi connectivity index (χ0n) is 10.6. The number of hydrogen-bond donors (Lipinski definition) is 1. The highest BCUT2D eigenvalue weighted by atomic mass is 19.1. The molecule has 0 heterocycles. The molecule has 0 aliphatic rings. The minimum atomic E-state index is -0.920. The second kappa shape index (κ2) is 5.96. The van der Waals surface area contributed by atoms with Gasteiger partial charge in [0.1, 0.15) is 11.9 Å². The van der Waals surface area contributed by atoms with E-state index in [1.807, 2.05) is 0 Å². The molecule has 0 amide bonds. The number of nitro benzene ring substituents is 1. The molecular formula is C14H9F2N3O2. The van der Waals surface area contributed by atoms with Gasteiger partial charge in [-0.05, 0) is 29.8 Å². The van der Waals surface area contributed by atoms with Crippen LogP contribution in [0.25, 0.3) is 0 Å². The number of nitriles is 1. The van der Waals surface area contributed by atoms with E-state index < -0.39 is 22.2 Å². The van der Waals surface area contributed by atoms with E-state index in [-0.39, 0.29) is 12.1 Å². The molecule has 7 heteroatoms. The van der Waals surface area contributed by atoms with Crippen LogP contribution in [0.15, 0.2) is 36.4 Å². The zero-order valence-corrected chi connectivity index (χ0v) is 10.6. The highest BCUT2D eigenvalue weighted by molar-refractivity contribution is 5.50. The fourth-order valence-electron chi connectivity index (χ4n) is 1.73. The molecule has 0 unspecified atom stereocenters. The summed E-state index contributed by atoms with van der Waals surface area (Å²) in [5.41, 5.74) is 0.287. The fraction of sp³-hybridized carbons (Fsp3) is 0.0714. The van der Waals surface area contributed by atoms with Gasteiger partial charge in [0, 0.05) is 18.3 Å².